The Kier molecular flexibility index (Phi) is 7.57. The first-order valence-electron chi connectivity index (χ1n) is 4.26. The van der Waals surface area contributed by atoms with Gasteiger partial charge in [0.15, 0.2) is 6.29 Å². The molecule has 1 unspecified atom stereocenters. The topological polar surface area (TPSA) is 76.0 Å². The number of ether oxygens (including phenoxy) is 2. The van der Waals surface area contributed by atoms with Gasteiger partial charge in [-0.05, 0) is 6.92 Å². The molecule has 0 saturated heterocycles. The van der Waals surface area contributed by atoms with E-state index in [-0.39, 0.29) is 19.4 Å². The van der Waals surface area contributed by atoms with Crippen LogP contribution in [0.4, 0.5) is 0 Å². The summed E-state index contributed by atoms with van der Waals surface area (Å²) in [6, 6.07) is 0. The van der Waals surface area contributed by atoms with Gasteiger partial charge in [0, 0.05) is 13.0 Å². The van der Waals surface area contributed by atoms with Gasteiger partial charge in [-0.1, -0.05) is 0 Å². The molecule has 2 N–H and O–H groups in total. The van der Waals surface area contributed by atoms with Crippen LogP contribution >= 0.6 is 0 Å². The maximum Gasteiger partial charge on any atom is 0.303 e. The molecule has 5 nitrogen and oxygen atoms in total. The molecule has 0 rings (SSSR count). The highest BCUT2D eigenvalue weighted by Crippen LogP contribution is 1.98. The number of aliphatic carboxylic acids is 1. The Balaban J connectivity index is 3.19. The van der Waals surface area contributed by atoms with Crippen LogP contribution in [0.15, 0.2) is 0 Å². The molecule has 0 aliphatic heterocycles. The first-order valence-corrected chi connectivity index (χ1v) is 4.26. The van der Waals surface area contributed by atoms with Crippen molar-refractivity contribution in [1.29, 1.82) is 0 Å². The summed E-state index contributed by atoms with van der Waals surface area (Å²) in [6.45, 7) is 3.17. The Morgan fingerprint density at radius 3 is 2.69 bits per heavy atom. The van der Waals surface area contributed by atoms with Gasteiger partial charge in [0.25, 0.3) is 0 Å². The molecule has 0 aliphatic carbocycles. The van der Waals surface area contributed by atoms with Gasteiger partial charge in [0.1, 0.15) is 0 Å². The van der Waals surface area contributed by atoms with Gasteiger partial charge in [-0.25, -0.2) is 0 Å². The maximum atomic E-state index is 10.1. The van der Waals surface area contributed by atoms with Gasteiger partial charge < -0.3 is 19.7 Å². The third-order valence-corrected chi connectivity index (χ3v) is 1.35. The fraction of sp³-hybridized carbons (Fsp3) is 0.875. The first-order chi connectivity index (χ1) is 6.16. The quantitative estimate of drug-likeness (QED) is 0.425. The van der Waals surface area contributed by atoms with E-state index in [9.17, 15) is 4.79 Å². The van der Waals surface area contributed by atoms with E-state index in [1.54, 1.807) is 0 Å². The van der Waals surface area contributed by atoms with Crippen molar-refractivity contribution in [2.45, 2.75) is 26.1 Å². The highest BCUT2D eigenvalue weighted by atomic mass is 16.6. The number of aliphatic hydroxyl groups excluding tert-OH is 1. The first kappa shape index (κ1) is 12.3. The minimum absolute atomic E-state index is 0.0875. The van der Waals surface area contributed by atoms with E-state index in [0.717, 1.165) is 0 Å². The summed E-state index contributed by atoms with van der Waals surface area (Å²) in [7, 11) is 0. The number of rotatable bonds is 8. The molecular formula is C8H16O5. The molecule has 0 aliphatic rings. The number of carboxylic acid groups (broad SMARTS) is 1. The second-order valence-electron chi connectivity index (χ2n) is 2.45. The van der Waals surface area contributed by atoms with Crippen molar-refractivity contribution >= 4 is 5.97 Å². The highest BCUT2D eigenvalue weighted by Gasteiger charge is 2.06. The number of carbonyl (C=O) groups is 1. The standard InChI is InChI=1S/C8H16O5/c1-2-12-5-6-13-8(11)4-3-7(9)10/h8,11H,2-6H2,1H3,(H,9,10). The predicted octanol–water partition coefficient (Wildman–Crippen LogP) is 0.223. The molecule has 0 radical (unpaired) electrons. The van der Waals surface area contributed by atoms with Crippen LogP contribution in [0.3, 0.4) is 0 Å². The van der Waals surface area contributed by atoms with E-state index < -0.39 is 12.3 Å². The second kappa shape index (κ2) is 7.97. The van der Waals surface area contributed by atoms with Gasteiger partial charge in [-0.2, -0.15) is 0 Å². The molecule has 0 spiro atoms. The van der Waals surface area contributed by atoms with Crippen molar-refractivity contribution in [2.24, 2.45) is 0 Å². The van der Waals surface area contributed by atoms with Crippen molar-refractivity contribution in [1.82, 2.24) is 0 Å². The van der Waals surface area contributed by atoms with Crippen LogP contribution < -0.4 is 0 Å². The van der Waals surface area contributed by atoms with Gasteiger partial charge in [-0.15, -0.1) is 0 Å². The Morgan fingerprint density at radius 2 is 2.15 bits per heavy atom. The number of aliphatic hydroxyl groups is 1. The summed E-state index contributed by atoms with van der Waals surface area (Å²) < 4.78 is 9.82. The molecule has 0 amide bonds. The average Bonchev–Trinajstić information content (AvgIpc) is 2.09. The minimum Gasteiger partial charge on any atom is -0.481 e. The smallest absolute Gasteiger partial charge is 0.303 e. The zero-order valence-electron chi connectivity index (χ0n) is 7.73. The molecule has 1 atom stereocenters. The van der Waals surface area contributed by atoms with Crippen molar-refractivity contribution in [3.8, 4) is 0 Å². The summed E-state index contributed by atoms with van der Waals surface area (Å²) in [5, 5.41) is 17.3. The zero-order valence-corrected chi connectivity index (χ0v) is 7.73. The lowest BCUT2D eigenvalue weighted by atomic mass is 10.3. The summed E-state index contributed by atoms with van der Waals surface area (Å²) in [5.41, 5.74) is 0. The summed E-state index contributed by atoms with van der Waals surface area (Å²) in [5.74, 6) is -0.938. The van der Waals surface area contributed by atoms with Crippen LogP contribution in [0, 0.1) is 0 Å². The van der Waals surface area contributed by atoms with Gasteiger partial charge in [0.2, 0.25) is 0 Å². The minimum atomic E-state index is -1.00. The highest BCUT2D eigenvalue weighted by molar-refractivity contribution is 5.66. The SMILES string of the molecule is CCOCCOC(O)CCC(=O)O. The number of hydrogen-bond acceptors (Lipinski definition) is 4. The maximum absolute atomic E-state index is 10.1. The lowest BCUT2D eigenvalue weighted by Gasteiger charge is -2.10. The van der Waals surface area contributed by atoms with E-state index >= 15 is 0 Å². The van der Waals surface area contributed by atoms with Crippen LogP contribution in [0.1, 0.15) is 19.8 Å². The van der Waals surface area contributed by atoms with Crippen molar-refractivity contribution in [2.75, 3.05) is 19.8 Å². The molecule has 13 heavy (non-hydrogen) atoms. The van der Waals surface area contributed by atoms with E-state index in [4.69, 9.17) is 19.7 Å². The third kappa shape index (κ3) is 9.26. The molecule has 78 valence electrons. The Bertz CT molecular complexity index is 136. The molecule has 0 saturated carbocycles. The second-order valence-corrected chi connectivity index (χ2v) is 2.45. The number of carboxylic acids is 1. The lowest BCUT2D eigenvalue weighted by molar-refractivity contribution is -0.143. The fourth-order valence-electron chi connectivity index (χ4n) is 0.718. The van der Waals surface area contributed by atoms with E-state index in [1.807, 2.05) is 6.92 Å². The molecule has 0 aromatic carbocycles. The van der Waals surface area contributed by atoms with E-state index in [2.05, 4.69) is 0 Å². The largest absolute Gasteiger partial charge is 0.481 e. The molecule has 0 bridgehead atoms. The van der Waals surface area contributed by atoms with E-state index in [1.165, 1.54) is 0 Å². The zero-order chi connectivity index (χ0) is 10.1. The number of hydrogen-bond donors (Lipinski definition) is 2. The predicted molar refractivity (Wildman–Crippen MR) is 45.3 cm³/mol. The Hall–Kier alpha value is -0.650. The molecule has 0 fully saturated rings. The third-order valence-electron chi connectivity index (χ3n) is 1.35. The molecule has 5 heteroatoms. The van der Waals surface area contributed by atoms with Crippen LogP contribution in [-0.2, 0) is 14.3 Å². The summed E-state index contributed by atoms with van der Waals surface area (Å²) in [6.07, 6.45) is -0.978. The molecule has 0 heterocycles. The molecule has 0 aromatic rings. The van der Waals surface area contributed by atoms with Gasteiger partial charge in [-0.3, -0.25) is 4.79 Å². The van der Waals surface area contributed by atoms with Crippen LogP contribution in [0.2, 0.25) is 0 Å². The summed E-state index contributed by atoms with van der Waals surface area (Å²) >= 11 is 0. The van der Waals surface area contributed by atoms with Crippen LogP contribution in [0.25, 0.3) is 0 Å². The average molecular weight is 192 g/mol. The van der Waals surface area contributed by atoms with Crippen molar-refractivity contribution in [3.05, 3.63) is 0 Å². The molecular weight excluding hydrogens is 176 g/mol. The van der Waals surface area contributed by atoms with Gasteiger partial charge >= 0.3 is 5.97 Å². The van der Waals surface area contributed by atoms with Crippen LogP contribution in [-0.4, -0.2) is 42.3 Å². The van der Waals surface area contributed by atoms with E-state index in [0.29, 0.717) is 13.2 Å². The normalized spacial score (nSPS) is 12.8. The van der Waals surface area contributed by atoms with Crippen molar-refractivity contribution in [3.63, 3.8) is 0 Å². The Morgan fingerprint density at radius 1 is 1.46 bits per heavy atom. The Labute approximate surface area is 77.3 Å². The monoisotopic (exact) mass is 192 g/mol. The lowest BCUT2D eigenvalue weighted by Crippen LogP contribution is -2.16. The van der Waals surface area contributed by atoms with Gasteiger partial charge in [0.05, 0.1) is 19.6 Å². The molecule has 0 aromatic heterocycles. The van der Waals surface area contributed by atoms with Crippen molar-refractivity contribution < 1.29 is 24.5 Å². The van der Waals surface area contributed by atoms with Crippen LogP contribution in [0.5, 0.6) is 0 Å². The summed E-state index contributed by atoms with van der Waals surface area (Å²) in [4.78, 5) is 10.1. The fourth-order valence-corrected chi connectivity index (χ4v) is 0.718.